The van der Waals surface area contributed by atoms with Gasteiger partial charge in [0, 0.05) is 6.42 Å². The molecule has 14 heteroatoms. The summed E-state index contributed by atoms with van der Waals surface area (Å²) in [7, 11) is 0. The van der Waals surface area contributed by atoms with Crippen LogP contribution in [0.5, 0.6) is 5.75 Å². The molecule has 4 unspecified atom stereocenters. The number of carboxylic acid groups (broad SMARTS) is 1. The SMILES string of the molecule is CSCCC(NC(=O)C(Cc1ccc(O)cc1)NC(=O)C(CCSC)NC(=O)C(N)CC(N)=O)C(=O)O. The summed E-state index contributed by atoms with van der Waals surface area (Å²) in [6, 6.07) is 1.34. The Hall–Kier alpha value is -2.97. The fraction of sp³-hybridized carbons (Fsp3) is 0.522. The van der Waals surface area contributed by atoms with E-state index in [4.69, 9.17) is 11.5 Å². The van der Waals surface area contributed by atoms with E-state index in [1.54, 1.807) is 12.1 Å². The first-order valence-corrected chi connectivity index (χ1v) is 14.2. The summed E-state index contributed by atoms with van der Waals surface area (Å²) in [6.07, 6.45) is 3.62. The van der Waals surface area contributed by atoms with Crippen LogP contribution in [0.1, 0.15) is 24.8 Å². The summed E-state index contributed by atoms with van der Waals surface area (Å²) in [6.45, 7) is 0. The lowest BCUT2D eigenvalue weighted by Gasteiger charge is -2.25. The van der Waals surface area contributed by atoms with Crippen LogP contribution in [0.3, 0.4) is 0 Å². The van der Waals surface area contributed by atoms with Gasteiger partial charge in [0.05, 0.1) is 12.5 Å². The zero-order chi connectivity index (χ0) is 28.0. The second kappa shape index (κ2) is 16.7. The number of primary amides is 1. The summed E-state index contributed by atoms with van der Waals surface area (Å²) in [5.41, 5.74) is 11.4. The molecular formula is C23H35N5O7S2. The predicted octanol–water partition coefficient (Wildman–Crippen LogP) is -0.817. The van der Waals surface area contributed by atoms with Gasteiger partial charge in [-0.05, 0) is 54.6 Å². The highest BCUT2D eigenvalue weighted by Crippen LogP contribution is 2.13. The molecule has 0 radical (unpaired) electrons. The highest BCUT2D eigenvalue weighted by molar-refractivity contribution is 7.98. The molecule has 9 N–H and O–H groups in total. The van der Waals surface area contributed by atoms with Crippen molar-refractivity contribution in [3.05, 3.63) is 29.8 Å². The van der Waals surface area contributed by atoms with Gasteiger partial charge < -0.3 is 37.6 Å². The highest BCUT2D eigenvalue weighted by Gasteiger charge is 2.30. The van der Waals surface area contributed by atoms with E-state index in [1.807, 2.05) is 12.5 Å². The first-order chi connectivity index (χ1) is 17.5. The number of hydrogen-bond donors (Lipinski definition) is 7. The van der Waals surface area contributed by atoms with Gasteiger partial charge in [0.25, 0.3) is 0 Å². The first kappa shape index (κ1) is 32.1. The average Bonchev–Trinajstić information content (AvgIpc) is 2.84. The molecule has 0 aliphatic carbocycles. The molecule has 0 spiro atoms. The molecule has 12 nitrogen and oxygen atoms in total. The number of aliphatic carboxylic acids is 1. The summed E-state index contributed by atoms with van der Waals surface area (Å²) >= 11 is 2.87. The number of carbonyl (C=O) groups excluding carboxylic acids is 4. The van der Waals surface area contributed by atoms with E-state index in [0.717, 1.165) is 0 Å². The van der Waals surface area contributed by atoms with E-state index in [1.165, 1.54) is 35.7 Å². The number of carbonyl (C=O) groups is 5. The minimum absolute atomic E-state index is 0.00287. The maximum absolute atomic E-state index is 13.2. The Balaban J connectivity index is 3.12. The third kappa shape index (κ3) is 12.2. The van der Waals surface area contributed by atoms with Crippen molar-refractivity contribution in [1.82, 2.24) is 16.0 Å². The van der Waals surface area contributed by atoms with Gasteiger partial charge in [0.15, 0.2) is 0 Å². The number of carboxylic acids is 1. The van der Waals surface area contributed by atoms with Gasteiger partial charge in [0.2, 0.25) is 23.6 Å². The van der Waals surface area contributed by atoms with Crippen molar-refractivity contribution in [2.24, 2.45) is 11.5 Å². The van der Waals surface area contributed by atoms with Crippen LogP contribution >= 0.6 is 23.5 Å². The van der Waals surface area contributed by atoms with Crippen LogP contribution in [0.2, 0.25) is 0 Å². The highest BCUT2D eigenvalue weighted by atomic mass is 32.2. The number of phenolic OH excluding ortho intramolecular Hbond substituents is 1. The Bertz CT molecular complexity index is 933. The molecule has 37 heavy (non-hydrogen) atoms. The fourth-order valence-corrected chi connectivity index (χ4v) is 4.15. The van der Waals surface area contributed by atoms with E-state index in [0.29, 0.717) is 17.1 Å². The number of rotatable bonds is 17. The Kier molecular flexibility index (Phi) is 14.5. The van der Waals surface area contributed by atoms with Crippen LogP contribution < -0.4 is 27.4 Å². The predicted molar refractivity (Wildman–Crippen MR) is 143 cm³/mol. The summed E-state index contributed by atoms with van der Waals surface area (Å²) in [5, 5.41) is 26.6. The number of amides is 4. The van der Waals surface area contributed by atoms with Gasteiger partial charge in [0.1, 0.15) is 23.9 Å². The maximum Gasteiger partial charge on any atom is 0.326 e. The molecule has 0 saturated carbocycles. The normalized spacial score (nSPS) is 14.0. The lowest BCUT2D eigenvalue weighted by molar-refractivity contribution is -0.142. The van der Waals surface area contributed by atoms with Crippen molar-refractivity contribution in [3.8, 4) is 5.75 Å². The van der Waals surface area contributed by atoms with Gasteiger partial charge in [-0.1, -0.05) is 12.1 Å². The van der Waals surface area contributed by atoms with Crippen molar-refractivity contribution >= 4 is 53.1 Å². The third-order valence-corrected chi connectivity index (χ3v) is 6.52. The Morgan fingerprint density at radius 3 is 1.84 bits per heavy atom. The van der Waals surface area contributed by atoms with Gasteiger partial charge >= 0.3 is 5.97 Å². The molecule has 0 saturated heterocycles. The standard InChI is InChI=1S/C23H35N5O7S2/c1-36-9-7-16(26-20(31)15(24)12-19(25)30)21(32)28-18(11-13-3-5-14(29)6-4-13)22(33)27-17(23(34)35)8-10-37-2/h3-6,15-18,29H,7-12,24H2,1-2H3,(H2,25,30)(H,26,31)(H,27,33)(H,28,32)(H,34,35). The quantitative estimate of drug-likeness (QED) is 0.126. The molecule has 0 bridgehead atoms. The number of hydrogen-bond acceptors (Lipinski definition) is 9. The number of aromatic hydroxyl groups is 1. The summed E-state index contributed by atoms with van der Waals surface area (Å²) < 4.78 is 0. The minimum atomic E-state index is -1.24. The lowest BCUT2D eigenvalue weighted by atomic mass is 10.0. The molecular weight excluding hydrogens is 522 g/mol. The Morgan fingerprint density at radius 1 is 0.838 bits per heavy atom. The van der Waals surface area contributed by atoms with E-state index in [2.05, 4.69) is 16.0 Å². The van der Waals surface area contributed by atoms with Gasteiger partial charge in [-0.3, -0.25) is 19.2 Å². The van der Waals surface area contributed by atoms with E-state index >= 15 is 0 Å². The fourth-order valence-electron chi connectivity index (χ4n) is 3.21. The second-order valence-electron chi connectivity index (χ2n) is 8.23. The monoisotopic (exact) mass is 557 g/mol. The first-order valence-electron chi connectivity index (χ1n) is 11.4. The molecule has 0 heterocycles. The molecule has 4 amide bonds. The Labute approximate surface area is 224 Å². The number of thioether (sulfide) groups is 2. The Morgan fingerprint density at radius 2 is 1.32 bits per heavy atom. The molecule has 206 valence electrons. The largest absolute Gasteiger partial charge is 0.508 e. The molecule has 0 aliphatic heterocycles. The zero-order valence-corrected chi connectivity index (χ0v) is 22.4. The van der Waals surface area contributed by atoms with Crippen LogP contribution in [-0.2, 0) is 30.4 Å². The van der Waals surface area contributed by atoms with Crippen LogP contribution in [0.15, 0.2) is 24.3 Å². The third-order valence-electron chi connectivity index (χ3n) is 5.24. The number of phenols is 1. The van der Waals surface area contributed by atoms with Crippen LogP contribution in [0.25, 0.3) is 0 Å². The van der Waals surface area contributed by atoms with Crippen molar-refractivity contribution in [2.75, 3.05) is 24.0 Å². The van der Waals surface area contributed by atoms with Crippen molar-refractivity contribution in [3.63, 3.8) is 0 Å². The molecule has 0 aliphatic rings. The second-order valence-corrected chi connectivity index (χ2v) is 10.2. The van der Waals surface area contributed by atoms with Crippen LogP contribution in [0.4, 0.5) is 0 Å². The van der Waals surface area contributed by atoms with E-state index in [9.17, 15) is 34.2 Å². The van der Waals surface area contributed by atoms with Crippen molar-refractivity contribution < 1.29 is 34.2 Å². The zero-order valence-electron chi connectivity index (χ0n) is 20.8. The van der Waals surface area contributed by atoms with Crippen LogP contribution in [0, 0.1) is 0 Å². The van der Waals surface area contributed by atoms with Crippen molar-refractivity contribution in [2.45, 2.75) is 49.9 Å². The maximum atomic E-state index is 13.2. The summed E-state index contributed by atoms with van der Waals surface area (Å²) in [4.78, 5) is 61.4. The molecule has 1 aromatic carbocycles. The lowest BCUT2D eigenvalue weighted by Crippen LogP contribution is -2.58. The minimum Gasteiger partial charge on any atom is -0.508 e. The van der Waals surface area contributed by atoms with Crippen LogP contribution in [-0.4, -0.2) is 88.0 Å². The molecule has 1 aromatic rings. The topological polar surface area (TPSA) is 214 Å². The smallest absolute Gasteiger partial charge is 0.326 e. The van der Waals surface area contributed by atoms with E-state index in [-0.39, 0.29) is 25.0 Å². The summed E-state index contributed by atoms with van der Waals surface area (Å²) in [5.74, 6) is -3.10. The van der Waals surface area contributed by atoms with Gasteiger partial charge in [-0.15, -0.1) is 0 Å². The molecule has 0 aromatic heterocycles. The van der Waals surface area contributed by atoms with Crippen molar-refractivity contribution in [1.29, 1.82) is 0 Å². The van der Waals surface area contributed by atoms with Gasteiger partial charge in [-0.25, -0.2) is 4.79 Å². The molecule has 0 fully saturated rings. The average molecular weight is 558 g/mol. The molecule has 1 rings (SSSR count). The number of nitrogens with one attached hydrogen (secondary N) is 3. The van der Waals surface area contributed by atoms with E-state index < -0.39 is 60.2 Å². The number of nitrogens with two attached hydrogens (primary N) is 2. The van der Waals surface area contributed by atoms with Gasteiger partial charge in [-0.2, -0.15) is 23.5 Å². The number of benzene rings is 1. The molecule has 4 atom stereocenters.